The van der Waals surface area contributed by atoms with Gasteiger partial charge in [0.05, 0.1) is 12.0 Å². The number of aromatic nitrogens is 4. The largest absolute Gasteiger partial charge is 0.339 e. The highest BCUT2D eigenvalue weighted by atomic mass is 16.5. The first kappa shape index (κ1) is 12.3. The molecule has 2 rings (SSSR count). The number of aryl methyl sites for hydroxylation is 3. The van der Waals surface area contributed by atoms with E-state index in [4.69, 9.17) is 4.52 Å². The van der Waals surface area contributed by atoms with Crippen molar-refractivity contribution in [3.63, 3.8) is 0 Å². The summed E-state index contributed by atoms with van der Waals surface area (Å²) >= 11 is 0. The fraction of sp³-hybridized carbons (Fsp3) is 0.455. The van der Waals surface area contributed by atoms with E-state index >= 15 is 0 Å². The lowest BCUT2D eigenvalue weighted by molar-refractivity contribution is 0.0923. The standard InChI is InChI=1S/C11H15N5O2/c1-6-9(16(4)5-12-6)10(17)13-7(2)11-14-8(3)15-18-11/h5,7H,1-4H3,(H,13,17)/t7-/m1/s1. The lowest BCUT2D eigenvalue weighted by Gasteiger charge is -2.10. The molecule has 1 amide bonds. The molecule has 0 unspecified atom stereocenters. The zero-order valence-corrected chi connectivity index (χ0v) is 10.8. The van der Waals surface area contributed by atoms with Crippen LogP contribution in [0.3, 0.4) is 0 Å². The molecule has 0 aliphatic carbocycles. The Balaban J connectivity index is 2.13. The van der Waals surface area contributed by atoms with Crippen molar-refractivity contribution < 1.29 is 9.32 Å². The number of amides is 1. The molecule has 0 fully saturated rings. The molecule has 0 spiro atoms. The third-order valence-corrected chi connectivity index (χ3v) is 2.60. The van der Waals surface area contributed by atoms with Gasteiger partial charge in [0.15, 0.2) is 5.82 Å². The van der Waals surface area contributed by atoms with Gasteiger partial charge >= 0.3 is 0 Å². The van der Waals surface area contributed by atoms with Crippen LogP contribution >= 0.6 is 0 Å². The lowest BCUT2D eigenvalue weighted by Crippen LogP contribution is -2.29. The fourth-order valence-electron chi connectivity index (χ4n) is 1.69. The molecule has 0 saturated heterocycles. The SMILES string of the molecule is Cc1noc([C@@H](C)NC(=O)c2c(C)ncn2C)n1. The van der Waals surface area contributed by atoms with E-state index in [9.17, 15) is 4.79 Å². The van der Waals surface area contributed by atoms with E-state index in [1.54, 1.807) is 38.7 Å². The van der Waals surface area contributed by atoms with Crippen molar-refractivity contribution in [1.29, 1.82) is 0 Å². The van der Waals surface area contributed by atoms with Crippen molar-refractivity contribution in [3.8, 4) is 0 Å². The molecule has 0 aromatic carbocycles. The van der Waals surface area contributed by atoms with Gasteiger partial charge in [-0.25, -0.2) is 4.98 Å². The van der Waals surface area contributed by atoms with Gasteiger partial charge in [0.2, 0.25) is 5.89 Å². The van der Waals surface area contributed by atoms with Gasteiger partial charge in [0.25, 0.3) is 5.91 Å². The monoisotopic (exact) mass is 249 g/mol. The van der Waals surface area contributed by atoms with Crippen LogP contribution in [0.1, 0.15) is 40.9 Å². The number of hydrogen-bond donors (Lipinski definition) is 1. The number of imidazole rings is 1. The topological polar surface area (TPSA) is 85.8 Å². The van der Waals surface area contributed by atoms with Crippen molar-refractivity contribution >= 4 is 5.91 Å². The minimum Gasteiger partial charge on any atom is -0.339 e. The highest BCUT2D eigenvalue weighted by molar-refractivity contribution is 5.93. The van der Waals surface area contributed by atoms with E-state index in [0.717, 1.165) is 0 Å². The van der Waals surface area contributed by atoms with Crippen LogP contribution in [0.25, 0.3) is 0 Å². The highest BCUT2D eigenvalue weighted by Crippen LogP contribution is 2.11. The number of carbonyl (C=O) groups is 1. The van der Waals surface area contributed by atoms with Gasteiger partial charge in [-0.05, 0) is 20.8 Å². The molecule has 0 saturated carbocycles. The number of nitrogens with zero attached hydrogens (tertiary/aromatic N) is 4. The van der Waals surface area contributed by atoms with Crippen LogP contribution in [-0.2, 0) is 7.05 Å². The van der Waals surface area contributed by atoms with Crippen LogP contribution in [0, 0.1) is 13.8 Å². The Morgan fingerprint density at radius 1 is 1.50 bits per heavy atom. The zero-order valence-electron chi connectivity index (χ0n) is 10.8. The number of nitrogens with one attached hydrogen (secondary N) is 1. The molecule has 1 N–H and O–H groups in total. The van der Waals surface area contributed by atoms with E-state index < -0.39 is 0 Å². The summed E-state index contributed by atoms with van der Waals surface area (Å²) in [5, 5.41) is 6.49. The fourth-order valence-corrected chi connectivity index (χ4v) is 1.69. The van der Waals surface area contributed by atoms with Gasteiger partial charge in [-0.1, -0.05) is 5.16 Å². The molecule has 0 aliphatic rings. The third kappa shape index (κ3) is 2.24. The molecular formula is C11H15N5O2. The first-order valence-electron chi connectivity index (χ1n) is 5.58. The molecule has 0 bridgehead atoms. The van der Waals surface area contributed by atoms with Crippen LogP contribution in [0.2, 0.25) is 0 Å². The summed E-state index contributed by atoms with van der Waals surface area (Å²) in [6, 6.07) is -0.340. The Labute approximate surface area is 104 Å². The second-order valence-corrected chi connectivity index (χ2v) is 4.16. The predicted molar refractivity (Wildman–Crippen MR) is 62.9 cm³/mol. The molecule has 1 atom stereocenters. The third-order valence-electron chi connectivity index (χ3n) is 2.60. The average Bonchev–Trinajstić information content (AvgIpc) is 2.85. The average molecular weight is 249 g/mol. The lowest BCUT2D eigenvalue weighted by atomic mass is 10.2. The Kier molecular flexibility index (Phi) is 3.14. The van der Waals surface area contributed by atoms with E-state index in [1.807, 2.05) is 0 Å². The second-order valence-electron chi connectivity index (χ2n) is 4.16. The van der Waals surface area contributed by atoms with Crippen molar-refractivity contribution in [2.45, 2.75) is 26.8 Å². The maximum Gasteiger partial charge on any atom is 0.270 e. The van der Waals surface area contributed by atoms with Crippen LogP contribution in [-0.4, -0.2) is 25.6 Å². The van der Waals surface area contributed by atoms with Gasteiger partial charge in [-0.15, -0.1) is 0 Å². The van der Waals surface area contributed by atoms with Crippen LogP contribution < -0.4 is 5.32 Å². The van der Waals surface area contributed by atoms with Gasteiger partial charge in [0.1, 0.15) is 11.7 Å². The number of hydrogen-bond acceptors (Lipinski definition) is 5. The Hall–Kier alpha value is -2.18. The Morgan fingerprint density at radius 3 is 2.72 bits per heavy atom. The Morgan fingerprint density at radius 2 is 2.22 bits per heavy atom. The van der Waals surface area contributed by atoms with Gasteiger partial charge in [0, 0.05) is 7.05 Å². The highest BCUT2D eigenvalue weighted by Gasteiger charge is 2.20. The predicted octanol–water partition coefficient (Wildman–Crippen LogP) is 0.911. The summed E-state index contributed by atoms with van der Waals surface area (Å²) < 4.78 is 6.68. The molecule has 18 heavy (non-hydrogen) atoms. The normalized spacial score (nSPS) is 12.4. The quantitative estimate of drug-likeness (QED) is 0.873. The minimum atomic E-state index is -0.340. The molecule has 2 aromatic rings. The molecule has 0 aliphatic heterocycles. The molecule has 2 heterocycles. The molecule has 7 heteroatoms. The van der Waals surface area contributed by atoms with Crippen LogP contribution in [0.4, 0.5) is 0 Å². The first-order valence-corrected chi connectivity index (χ1v) is 5.58. The van der Waals surface area contributed by atoms with E-state index in [2.05, 4.69) is 20.4 Å². The minimum absolute atomic E-state index is 0.212. The van der Waals surface area contributed by atoms with Gasteiger partial charge < -0.3 is 14.4 Å². The zero-order chi connectivity index (χ0) is 13.3. The van der Waals surface area contributed by atoms with Gasteiger partial charge in [-0.2, -0.15) is 4.98 Å². The van der Waals surface area contributed by atoms with Crippen molar-refractivity contribution in [2.24, 2.45) is 7.05 Å². The number of rotatable bonds is 3. The Bertz CT molecular complexity index is 552. The van der Waals surface area contributed by atoms with Crippen LogP contribution in [0.5, 0.6) is 0 Å². The maximum atomic E-state index is 12.1. The van der Waals surface area contributed by atoms with Gasteiger partial charge in [-0.3, -0.25) is 4.79 Å². The maximum absolute atomic E-state index is 12.1. The van der Waals surface area contributed by atoms with E-state index in [1.165, 1.54) is 0 Å². The summed E-state index contributed by atoms with van der Waals surface area (Å²) in [7, 11) is 1.77. The summed E-state index contributed by atoms with van der Waals surface area (Å²) in [4.78, 5) is 20.2. The van der Waals surface area contributed by atoms with E-state index in [-0.39, 0.29) is 11.9 Å². The summed E-state index contributed by atoms with van der Waals surface area (Å²) in [6.45, 7) is 5.31. The second kappa shape index (κ2) is 4.59. The number of carbonyl (C=O) groups excluding carboxylic acids is 1. The summed E-state index contributed by atoms with van der Waals surface area (Å²) in [5.41, 5.74) is 1.21. The van der Waals surface area contributed by atoms with Crippen molar-refractivity contribution in [3.05, 3.63) is 29.4 Å². The first-order chi connectivity index (χ1) is 8.49. The van der Waals surface area contributed by atoms with Crippen molar-refractivity contribution in [1.82, 2.24) is 25.0 Å². The molecular weight excluding hydrogens is 234 g/mol. The molecule has 0 radical (unpaired) electrons. The molecule has 2 aromatic heterocycles. The smallest absolute Gasteiger partial charge is 0.270 e. The summed E-state index contributed by atoms with van der Waals surface area (Å²) in [5.74, 6) is 0.722. The molecule has 7 nitrogen and oxygen atoms in total. The van der Waals surface area contributed by atoms with E-state index in [0.29, 0.717) is 23.1 Å². The van der Waals surface area contributed by atoms with Crippen LogP contribution in [0.15, 0.2) is 10.9 Å². The molecule has 96 valence electrons. The van der Waals surface area contributed by atoms with Crippen molar-refractivity contribution in [2.75, 3.05) is 0 Å². The summed E-state index contributed by atoms with van der Waals surface area (Å²) in [6.07, 6.45) is 1.60.